The van der Waals surface area contributed by atoms with Crippen molar-refractivity contribution in [3.63, 3.8) is 0 Å². The molecule has 1 aliphatic heterocycles. The molecule has 2 aromatic rings. The number of nitrogens with zero attached hydrogens (tertiary/aromatic N) is 1. The lowest BCUT2D eigenvalue weighted by Crippen LogP contribution is -2.48. The summed E-state index contributed by atoms with van der Waals surface area (Å²) in [6, 6.07) is 14.1. The van der Waals surface area contributed by atoms with Gasteiger partial charge in [-0.2, -0.15) is 0 Å². The SMILES string of the molecule is COc1cc(OC)c(/C=C2\SC(Nc3ccccc3)N([C@@H]3CCCC[C@H]3C)C2=O)cc1Br. The van der Waals surface area contributed by atoms with E-state index in [0.29, 0.717) is 22.3 Å². The van der Waals surface area contributed by atoms with E-state index in [9.17, 15) is 4.79 Å². The number of ether oxygens (including phenoxy) is 2. The maximum atomic E-state index is 13.7. The van der Waals surface area contributed by atoms with E-state index in [0.717, 1.165) is 28.6 Å². The van der Waals surface area contributed by atoms with Gasteiger partial charge in [0.05, 0.1) is 23.6 Å². The minimum atomic E-state index is -0.144. The van der Waals surface area contributed by atoms with E-state index in [-0.39, 0.29) is 17.4 Å². The van der Waals surface area contributed by atoms with Gasteiger partial charge in [0.15, 0.2) is 5.50 Å². The van der Waals surface area contributed by atoms with Crippen LogP contribution in [0.15, 0.2) is 51.8 Å². The fraction of sp³-hybridized carbons (Fsp3) is 0.400. The average Bonchev–Trinajstić information content (AvgIpc) is 3.09. The van der Waals surface area contributed by atoms with E-state index < -0.39 is 0 Å². The lowest BCUT2D eigenvalue weighted by Gasteiger charge is -2.39. The molecule has 1 aliphatic carbocycles. The van der Waals surface area contributed by atoms with Gasteiger partial charge < -0.3 is 19.7 Å². The van der Waals surface area contributed by atoms with Crippen LogP contribution in [0.5, 0.6) is 11.5 Å². The summed E-state index contributed by atoms with van der Waals surface area (Å²) in [5.41, 5.74) is 1.71. The third-order valence-electron chi connectivity index (χ3n) is 6.21. The molecule has 1 saturated heterocycles. The molecule has 4 rings (SSSR count). The van der Waals surface area contributed by atoms with Crippen LogP contribution in [0, 0.1) is 5.92 Å². The Bertz CT molecular complexity index is 998. The lowest BCUT2D eigenvalue weighted by atomic mass is 9.85. The summed E-state index contributed by atoms with van der Waals surface area (Å²) in [5, 5.41) is 3.58. The van der Waals surface area contributed by atoms with Crippen molar-refractivity contribution in [2.75, 3.05) is 19.5 Å². The van der Waals surface area contributed by atoms with Crippen LogP contribution in [0.2, 0.25) is 0 Å². The quantitative estimate of drug-likeness (QED) is 0.452. The number of thioether (sulfide) groups is 1. The molecule has 0 bridgehead atoms. The van der Waals surface area contributed by atoms with Crippen LogP contribution < -0.4 is 14.8 Å². The number of carbonyl (C=O) groups is 1. The Morgan fingerprint density at radius 3 is 2.50 bits per heavy atom. The van der Waals surface area contributed by atoms with Crippen LogP contribution in [0.4, 0.5) is 5.69 Å². The molecule has 7 heteroatoms. The molecule has 2 fully saturated rings. The highest BCUT2D eigenvalue weighted by atomic mass is 79.9. The molecule has 0 aromatic heterocycles. The zero-order chi connectivity index (χ0) is 22.7. The van der Waals surface area contributed by atoms with Crippen molar-refractivity contribution in [1.29, 1.82) is 0 Å². The number of nitrogens with one attached hydrogen (secondary N) is 1. The molecule has 3 atom stereocenters. The molecule has 0 radical (unpaired) electrons. The summed E-state index contributed by atoms with van der Waals surface area (Å²) < 4.78 is 11.8. The van der Waals surface area contributed by atoms with Crippen LogP contribution in [-0.4, -0.2) is 36.6 Å². The number of anilines is 1. The first-order valence-corrected chi connectivity index (χ1v) is 12.6. The van der Waals surface area contributed by atoms with E-state index in [2.05, 4.69) is 33.1 Å². The van der Waals surface area contributed by atoms with Gasteiger partial charge in [-0.25, -0.2) is 0 Å². The summed E-state index contributed by atoms with van der Waals surface area (Å²) >= 11 is 5.12. The average molecular weight is 517 g/mol. The largest absolute Gasteiger partial charge is 0.496 e. The van der Waals surface area contributed by atoms with Gasteiger partial charge in [0.25, 0.3) is 5.91 Å². The molecule has 1 unspecified atom stereocenters. The fourth-order valence-corrected chi connectivity index (χ4v) is 6.23. The predicted octanol–water partition coefficient (Wildman–Crippen LogP) is 6.36. The lowest BCUT2D eigenvalue weighted by molar-refractivity contribution is -0.129. The molecule has 1 amide bonds. The Kier molecular flexibility index (Phi) is 7.36. The molecular formula is C25H29BrN2O3S. The smallest absolute Gasteiger partial charge is 0.262 e. The number of para-hydroxylation sites is 1. The van der Waals surface area contributed by atoms with Gasteiger partial charge >= 0.3 is 0 Å². The molecule has 1 N–H and O–H groups in total. The van der Waals surface area contributed by atoms with Gasteiger partial charge in [0, 0.05) is 23.4 Å². The number of carbonyl (C=O) groups excluding carboxylic acids is 1. The first kappa shape index (κ1) is 23.1. The van der Waals surface area contributed by atoms with Gasteiger partial charge in [0.1, 0.15) is 11.5 Å². The van der Waals surface area contributed by atoms with Gasteiger partial charge in [0.2, 0.25) is 0 Å². The maximum absolute atomic E-state index is 13.7. The Balaban J connectivity index is 1.69. The van der Waals surface area contributed by atoms with Gasteiger partial charge in [-0.3, -0.25) is 4.79 Å². The molecule has 2 aliphatic rings. The number of hydrogen-bond acceptors (Lipinski definition) is 5. The molecule has 0 spiro atoms. The van der Waals surface area contributed by atoms with E-state index >= 15 is 0 Å². The highest BCUT2D eigenvalue weighted by Gasteiger charge is 2.43. The van der Waals surface area contributed by atoms with Gasteiger partial charge in [-0.1, -0.05) is 49.7 Å². The zero-order valence-corrected chi connectivity index (χ0v) is 21.0. The molecular weight excluding hydrogens is 488 g/mol. The number of halogens is 1. The predicted molar refractivity (Wildman–Crippen MR) is 135 cm³/mol. The summed E-state index contributed by atoms with van der Waals surface area (Å²) in [6.45, 7) is 2.27. The third-order valence-corrected chi connectivity index (χ3v) is 7.95. The Hall–Kier alpha value is -2.12. The van der Waals surface area contributed by atoms with Crippen molar-refractivity contribution < 1.29 is 14.3 Å². The first-order valence-electron chi connectivity index (χ1n) is 11.0. The minimum absolute atomic E-state index is 0.0798. The molecule has 1 saturated carbocycles. The summed E-state index contributed by atoms with van der Waals surface area (Å²) in [6.07, 6.45) is 6.55. The van der Waals surface area contributed by atoms with Crippen molar-refractivity contribution in [3.05, 3.63) is 57.4 Å². The van der Waals surface area contributed by atoms with Crippen molar-refractivity contribution in [2.24, 2.45) is 5.92 Å². The van der Waals surface area contributed by atoms with E-state index in [4.69, 9.17) is 9.47 Å². The second-order valence-electron chi connectivity index (χ2n) is 8.26. The van der Waals surface area contributed by atoms with Crippen LogP contribution >= 0.6 is 27.7 Å². The number of methoxy groups -OCH3 is 2. The number of hydrogen-bond donors (Lipinski definition) is 1. The normalized spacial score (nSPS) is 24.6. The van der Waals surface area contributed by atoms with Crippen molar-refractivity contribution in [1.82, 2.24) is 4.90 Å². The van der Waals surface area contributed by atoms with E-state index in [1.807, 2.05) is 48.5 Å². The number of rotatable bonds is 6. The summed E-state index contributed by atoms with van der Waals surface area (Å²) in [4.78, 5) is 16.5. The highest BCUT2D eigenvalue weighted by Crippen LogP contribution is 2.43. The number of benzene rings is 2. The first-order chi connectivity index (χ1) is 15.5. The van der Waals surface area contributed by atoms with Crippen LogP contribution in [0.3, 0.4) is 0 Å². The van der Waals surface area contributed by atoms with Crippen molar-refractivity contribution in [3.8, 4) is 11.5 Å². The van der Waals surface area contributed by atoms with E-state index in [1.165, 1.54) is 12.8 Å². The third kappa shape index (κ3) is 4.79. The second-order valence-corrected chi connectivity index (χ2v) is 10.2. The molecule has 32 heavy (non-hydrogen) atoms. The van der Waals surface area contributed by atoms with Crippen LogP contribution in [-0.2, 0) is 4.79 Å². The summed E-state index contributed by atoms with van der Waals surface area (Å²) in [5.74, 6) is 1.92. The zero-order valence-electron chi connectivity index (χ0n) is 18.6. The van der Waals surface area contributed by atoms with Crippen LogP contribution in [0.1, 0.15) is 38.2 Å². The van der Waals surface area contributed by atoms with E-state index in [1.54, 1.807) is 26.0 Å². The molecule has 170 valence electrons. The van der Waals surface area contributed by atoms with Crippen LogP contribution in [0.25, 0.3) is 6.08 Å². The molecule has 5 nitrogen and oxygen atoms in total. The highest BCUT2D eigenvalue weighted by molar-refractivity contribution is 9.10. The topological polar surface area (TPSA) is 50.8 Å². The minimum Gasteiger partial charge on any atom is -0.496 e. The monoisotopic (exact) mass is 516 g/mol. The Morgan fingerprint density at radius 1 is 1.09 bits per heavy atom. The Labute approximate surface area is 202 Å². The molecule has 1 heterocycles. The van der Waals surface area contributed by atoms with Gasteiger partial charge in [-0.15, -0.1) is 0 Å². The standard InChI is InChI=1S/C25H29BrN2O3S/c1-16-9-7-8-12-20(16)28-24(29)23(32-25(28)27-18-10-5-4-6-11-18)14-17-13-19(26)22(31-3)15-21(17)30-2/h4-6,10-11,13-16,20,25,27H,7-9,12H2,1-3H3/b23-14-/t16-,20-,25?/m1/s1. The van der Waals surface area contributed by atoms with Gasteiger partial charge in [-0.05, 0) is 59.0 Å². The summed E-state index contributed by atoms with van der Waals surface area (Å²) in [7, 11) is 3.25. The van der Waals surface area contributed by atoms with Crippen molar-refractivity contribution in [2.45, 2.75) is 44.1 Å². The Morgan fingerprint density at radius 2 is 1.81 bits per heavy atom. The maximum Gasteiger partial charge on any atom is 0.262 e. The molecule has 2 aromatic carbocycles. The number of amides is 1. The van der Waals surface area contributed by atoms with Crippen molar-refractivity contribution >= 4 is 45.4 Å². The second kappa shape index (κ2) is 10.2. The fourth-order valence-electron chi connectivity index (χ4n) is 4.50.